The van der Waals surface area contributed by atoms with E-state index in [9.17, 15) is 0 Å². The van der Waals surface area contributed by atoms with Crippen molar-refractivity contribution in [1.82, 2.24) is 4.90 Å². The second kappa shape index (κ2) is 11.6. The van der Waals surface area contributed by atoms with Crippen molar-refractivity contribution in [3.63, 3.8) is 0 Å². The van der Waals surface area contributed by atoms with Crippen molar-refractivity contribution in [3.05, 3.63) is 107 Å². The number of amidine groups is 1. The summed E-state index contributed by atoms with van der Waals surface area (Å²) in [5.74, 6) is 1.28. The highest BCUT2D eigenvalue weighted by molar-refractivity contribution is 9.10. The van der Waals surface area contributed by atoms with Crippen LogP contribution in [0.2, 0.25) is 0 Å². The van der Waals surface area contributed by atoms with E-state index in [0.717, 1.165) is 17.6 Å². The van der Waals surface area contributed by atoms with Crippen molar-refractivity contribution >= 4 is 21.8 Å². The highest BCUT2D eigenvalue weighted by atomic mass is 79.9. The highest BCUT2D eigenvalue weighted by Crippen LogP contribution is 2.38. The van der Waals surface area contributed by atoms with Crippen LogP contribution in [0.4, 0.5) is 0 Å². The fourth-order valence-electron chi connectivity index (χ4n) is 4.57. The topological polar surface area (TPSA) is 98.5 Å². The molecular formula is C29H26BrClN2O4. The zero-order valence-electron chi connectivity index (χ0n) is 20.4. The molecule has 0 saturated heterocycles. The van der Waals surface area contributed by atoms with Crippen LogP contribution in [-0.2, 0) is 0 Å². The minimum atomic E-state index is -4.94. The molecule has 5 rings (SSSR count). The Morgan fingerprint density at radius 2 is 1.16 bits per heavy atom. The standard InChI is InChI=1S/C29H26BrN2.ClHO4/c1-31-17-18-32(2)29(31)28-26(22-9-5-3-6-10-22)19-24(21-13-15-25(30)16-14-21)20-27(28)23-11-7-4-8-12-23;2-1(3,4)5/h3-16,19-20H,17-18H2,1-2H3;(H,2,3,4,5)/q+1;/p-1. The summed E-state index contributed by atoms with van der Waals surface area (Å²) in [6, 6.07) is 34.8. The molecule has 1 heterocycles. The van der Waals surface area contributed by atoms with E-state index in [1.54, 1.807) is 0 Å². The fraction of sp³-hybridized carbons (Fsp3) is 0.138. The first kappa shape index (κ1) is 27.0. The largest absolute Gasteiger partial charge is 0.280 e. The van der Waals surface area contributed by atoms with Gasteiger partial charge in [0.2, 0.25) is 0 Å². The second-order valence-corrected chi connectivity index (χ2v) is 10.4. The van der Waals surface area contributed by atoms with Gasteiger partial charge < -0.3 is 0 Å². The Kier molecular flexibility index (Phi) is 8.44. The Balaban J connectivity index is 0.000000586. The van der Waals surface area contributed by atoms with Crippen LogP contribution in [-0.4, -0.2) is 42.5 Å². The fourth-order valence-corrected chi connectivity index (χ4v) is 4.83. The molecule has 0 atom stereocenters. The van der Waals surface area contributed by atoms with Crippen molar-refractivity contribution in [2.24, 2.45) is 0 Å². The Hall–Kier alpha value is -3.04. The monoisotopic (exact) mass is 580 g/mol. The molecular weight excluding hydrogens is 556 g/mol. The van der Waals surface area contributed by atoms with Crippen LogP contribution in [0.1, 0.15) is 5.56 Å². The van der Waals surface area contributed by atoms with Crippen molar-refractivity contribution < 1.29 is 33.5 Å². The molecule has 0 aliphatic carbocycles. The summed E-state index contributed by atoms with van der Waals surface area (Å²) < 4.78 is 37.4. The maximum absolute atomic E-state index is 8.49. The molecule has 8 heteroatoms. The average Bonchev–Trinajstić information content (AvgIpc) is 3.21. The van der Waals surface area contributed by atoms with E-state index in [2.05, 4.69) is 137 Å². The van der Waals surface area contributed by atoms with E-state index in [1.165, 1.54) is 44.8 Å². The second-order valence-electron chi connectivity index (χ2n) is 8.73. The molecule has 0 fully saturated rings. The third-order valence-electron chi connectivity index (χ3n) is 6.20. The maximum atomic E-state index is 8.49. The summed E-state index contributed by atoms with van der Waals surface area (Å²) in [7, 11) is -0.546. The predicted octanol–water partition coefficient (Wildman–Crippen LogP) is 2.03. The normalized spacial score (nSPS) is 13.4. The lowest BCUT2D eigenvalue weighted by Gasteiger charge is -2.19. The summed E-state index contributed by atoms with van der Waals surface area (Å²) in [4.78, 5) is 2.38. The van der Waals surface area contributed by atoms with Gasteiger partial charge in [-0.3, -0.25) is 9.48 Å². The Bertz CT molecular complexity index is 1320. The van der Waals surface area contributed by atoms with Crippen molar-refractivity contribution in [2.75, 3.05) is 27.2 Å². The Labute approximate surface area is 227 Å². The lowest BCUT2D eigenvalue weighted by atomic mass is 9.87. The lowest BCUT2D eigenvalue weighted by Crippen LogP contribution is -2.68. The molecule has 6 nitrogen and oxygen atoms in total. The van der Waals surface area contributed by atoms with Gasteiger partial charge in [0.1, 0.15) is 13.1 Å². The summed E-state index contributed by atoms with van der Waals surface area (Å²) in [6.45, 7) is 2.06. The van der Waals surface area contributed by atoms with Crippen LogP contribution in [0.15, 0.2) is 102 Å². The van der Waals surface area contributed by atoms with Crippen LogP contribution in [0.5, 0.6) is 0 Å². The third kappa shape index (κ3) is 6.84. The molecule has 190 valence electrons. The van der Waals surface area contributed by atoms with E-state index in [0.29, 0.717) is 0 Å². The van der Waals surface area contributed by atoms with Crippen molar-refractivity contribution in [3.8, 4) is 33.4 Å². The van der Waals surface area contributed by atoms with Crippen LogP contribution >= 0.6 is 15.9 Å². The summed E-state index contributed by atoms with van der Waals surface area (Å²) in [5.41, 5.74) is 8.74. The average molecular weight is 582 g/mol. The zero-order chi connectivity index (χ0) is 26.6. The summed E-state index contributed by atoms with van der Waals surface area (Å²) in [6.07, 6.45) is 0. The predicted molar refractivity (Wildman–Crippen MR) is 138 cm³/mol. The first-order valence-corrected chi connectivity index (χ1v) is 13.6. The van der Waals surface area contributed by atoms with Gasteiger partial charge in [0.25, 0.3) is 5.84 Å². The van der Waals surface area contributed by atoms with Crippen LogP contribution in [0, 0.1) is 10.2 Å². The van der Waals surface area contributed by atoms with Crippen LogP contribution < -0.4 is 18.6 Å². The third-order valence-corrected chi connectivity index (χ3v) is 6.73. The van der Waals surface area contributed by atoms with Crippen LogP contribution in [0.3, 0.4) is 0 Å². The number of likely N-dealkylation sites (N-methyl/N-ethyl adjacent to an activating group) is 2. The summed E-state index contributed by atoms with van der Waals surface area (Å²) >= 11 is 3.58. The maximum Gasteiger partial charge on any atom is 0.280 e. The zero-order valence-corrected chi connectivity index (χ0v) is 22.8. The van der Waals surface area contributed by atoms with Gasteiger partial charge in [-0.25, -0.2) is 18.6 Å². The van der Waals surface area contributed by atoms with Gasteiger partial charge >= 0.3 is 0 Å². The van der Waals surface area contributed by atoms with E-state index in [1.807, 2.05) is 0 Å². The van der Waals surface area contributed by atoms with E-state index >= 15 is 0 Å². The molecule has 0 amide bonds. The molecule has 0 bridgehead atoms. The first-order valence-electron chi connectivity index (χ1n) is 11.6. The molecule has 0 unspecified atom stereocenters. The van der Waals surface area contributed by atoms with Crippen LogP contribution in [0.25, 0.3) is 33.4 Å². The molecule has 0 saturated carbocycles. The number of hydrogen-bond acceptors (Lipinski definition) is 5. The minimum absolute atomic E-state index is 1.03. The van der Waals surface area contributed by atoms with Gasteiger partial charge in [-0.05, 0) is 57.6 Å². The van der Waals surface area contributed by atoms with Gasteiger partial charge in [-0.1, -0.05) is 88.7 Å². The Morgan fingerprint density at radius 1 is 0.703 bits per heavy atom. The van der Waals surface area contributed by atoms with E-state index in [-0.39, 0.29) is 0 Å². The smallest absolute Gasteiger partial charge is 0.260 e. The SMILES string of the molecule is CN1CC[N+](C)=C1c1c(-c2ccccc2)cc(-c2ccc(Br)cc2)cc1-c1ccccc1.[O-][Cl+3]([O-])([O-])[O-]. The quantitative estimate of drug-likeness (QED) is 0.344. The van der Waals surface area contributed by atoms with E-state index in [4.69, 9.17) is 18.6 Å². The highest BCUT2D eigenvalue weighted by Gasteiger charge is 2.32. The first-order chi connectivity index (χ1) is 17.6. The van der Waals surface area contributed by atoms with Gasteiger partial charge in [0.05, 0.1) is 19.7 Å². The molecule has 4 aromatic rings. The number of halogens is 2. The minimum Gasteiger partial charge on any atom is -0.260 e. The van der Waals surface area contributed by atoms with Gasteiger partial charge in [0.15, 0.2) is 0 Å². The molecule has 1 aliphatic rings. The molecule has 0 radical (unpaired) electrons. The number of nitrogens with zero attached hydrogens (tertiary/aromatic N) is 2. The van der Waals surface area contributed by atoms with Gasteiger partial charge in [-0.2, -0.15) is 0 Å². The van der Waals surface area contributed by atoms with Gasteiger partial charge in [0, 0.05) is 4.47 Å². The summed E-state index contributed by atoms with van der Waals surface area (Å²) in [5, 5.41) is 0. The van der Waals surface area contributed by atoms with Crippen molar-refractivity contribution in [2.45, 2.75) is 0 Å². The molecule has 1 aliphatic heterocycles. The molecule has 0 spiro atoms. The molecule has 4 aromatic carbocycles. The van der Waals surface area contributed by atoms with E-state index < -0.39 is 10.2 Å². The number of rotatable bonds is 4. The van der Waals surface area contributed by atoms with Gasteiger partial charge in [-0.15, -0.1) is 10.2 Å². The molecule has 0 N–H and O–H groups in total. The molecule has 37 heavy (non-hydrogen) atoms. The number of benzene rings is 4. The lowest BCUT2D eigenvalue weighted by molar-refractivity contribution is -2.00. The van der Waals surface area contributed by atoms with Crippen molar-refractivity contribution in [1.29, 1.82) is 0 Å². The number of hydrogen-bond donors (Lipinski definition) is 0. The Morgan fingerprint density at radius 3 is 1.57 bits per heavy atom. The molecule has 0 aromatic heterocycles.